The number of hydrogen-bond donors (Lipinski definition) is 0. The quantitative estimate of drug-likeness (QED) is 0.0865. The Morgan fingerprint density at radius 3 is 1.93 bits per heavy atom. The molecule has 0 spiro atoms. The van der Waals surface area contributed by atoms with E-state index >= 15 is 0 Å². The van der Waals surface area contributed by atoms with Crippen molar-refractivity contribution in [3.63, 3.8) is 0 Å². The summed E-state index contributed by atoms with van der Waals surface area (Å²) >= 11 is -1.79. The minimum Gasteiger partial charge on any atom is 0 e. The van der Waals surface area contributed by atoms with E-state index in [1.165, 1.54) is 77.1 Å². The average molecular weight is 1180 g/mol. The Morgan fingerprint density at radius 1 is 0.583 bits per heavy atom. The van der Waals surface area contributed by atoms with Crippen LogP contribution in [-0.2, 0) is 20.1 Å². The summed E-state index contributed by atoms with van der Waals surface area (Å²) in [4.78, 5) is 9.81. The van der Waals surface area contributed by atoms with Gasteiger partial charge in [-0.25, -0.2) is 0 Å². The van der Waals surface area contributed by atoms with Crippen LogP contribution in [0.3, 0.4) is 0 Å². The molecular formula is C65H54FGeIrN3O-2. The molecule has 0 fully saturated rings. The number of hydrogen-bond acceptors (Lipinski definition) is 3. The Balaban J connectivity index is 0.000000282. The molecule has 72 heavy (non-hydrogen) atoms. The van der Waals surface area contributed by atoms with Crippen LogP contribution in [0.15, 0.2) is 193 Å². The zero-order chi connectivity index (χ0) is 49.0. The Hall–Kier alpha value is -6.96. The number of pyridine rings is 1. The predicted octanol–water partition coefficient (Wildman–Crippen LogP) is 17.5. The van der Waals surface area contributed by atoms with Crippen LogP contribution in [0.25, 0.3) is 105 Å². The van der Waals surface area contributed by atoms with Crippen LogP contribution >= 0.6 is 0 Å². The van der Waals surface area contributed by atoms with Crippen LogP contribution in [-0.4, -0.2) is 27.8 Å². The predicted molar refractivity (Wildman–Crippen MR) is 298 cm³/mol. The van der Waals surface area contributed by atoms with Crippen molar-refractivity contribution in [2.24, 2.45) is 0 Å². The Labute approximate surface area is 437 Å². The van der Waals surface area contributed by atoms with Gasteiger partial charge in [0.25, 0.3) is 0 Å². The van der Waals surface area contributed by atoms with Gasteiger partial charge in [-0.1, -0.05) is 142 Å². The van der Waals surface area contributed by atoms with Crippen molar-refractivity contribution in [1.29, 1.82) is 0 Å². The first-order valence-electron chi connectivity index (χ1n) is 24.5. The van der Waals surface area contributed by atoms with E-state index in [0.29, 0.717) is 0 Å². The van der Waals surface area contributed by atoms with Crippen molar-refractivity contribution in [2.45, 2.75) is 56.8 Å². The second kappa shape index (κ2) is 19.9. The van der Waals surface area contributed by atoms with Crippen molar-refractivity contribution in [2.75, 3.05) is 0 Å². The van der Waals surface area contributed by atoms with Crippen molar-refractivity contribution >= 4 is 72.2 Å². The molecule has 7 heteroatoms. The van der Waals surface area contributed by atoms with Crippen LogP contribution in [0, 0.1) is 17.9 Å². The molecule has 357 valence electrons. The maximum Gasteiger partial charge on any atom is 0 e. The van der Waals surface area contributed by atoms with Crippen molar-refractivity contribution in [3.8, 4) is 50.6 Å². The molecule has 3 heterocycles. The summed E-state index contributed by atoms with van der Waals surface area (Å²) in [5.41, 5.74) is 14.8. The molecule has 0 aliphatic carbocycles. The van der Waals surface area contributed by atoms with E-state index in [-0.39, 0.29) is 37.8 Å². The van der Waals surface area contributed by atoms with E-state index in [0.717, 1.165) is 55.6 Å². The van der Waals surface area contributed by atoms with Gasteiger partial charge in [-0.3, -0.25) is 4.98 Å². The maximum absolute atomic E-state index is 12.8. The third-order valence-corrected chi connectivity index (χ3v) is 18.0. The Morgan fingerprint density at radius 2 is 1.25 bits per heavy atom. The zero-order valence-electron chi connectivity index (χ0n) is 41.5. The number of fused-ring (bicyclic) bond motifs is 7. The molecule has 0 amide bonds. The van der Waals surface area contributed by atoms with Gasteiger partial charge in [-0.05, 0) is 103 Å². The molecule has 0 bridgehead atoms. The van der Waals surface area contributed by atoms with Crippen LogP contribution in [0.4, 0.5) is 4.39 Å². The van der Waals surface area contributed by atoms with Gasteiger partial charge in [0.15, 0.2) is 0 Å². The van der Waals surface area contributed by atoms with Gasteiger partial charge in [-0.2, -0.15) is 0 Å². The van der Waals surface area contributed by atoms with E-state index in [4.69, 9.17) is 9.40 Å². The molecule has 0 aliphatic heterocycles. The zero-order valence-corrected chi connectivity index (χ0v) is 46.0. The summed E-state index contributed by atoms with van der Waals surface area (Å²) in [6, 6.07) is 69.5. The third-order valence-electron chi connectivity index (χ3n) is 13.7. The topological polar surface area (TPSA) is 43.9 Å². The molecule has 4 nitrogen and oxygen atoms in total. The van der Waals surface area contributed by atoms with Crippen LogP contribution < -0.4 is 4.40 Å². The van der Waals surface area contributed by atoms with Crippen LogP contribution in [0.5, 0.6) is 0 Å². The molecule has 0 N–H and O–H groups in total. The van der Waals surface area contributed by atoms with Gasteiger partial charge in [0.05, 0.1) is 22.4 Å². The maximum atomic E-state index is 12.8. The Kier molecular flexibility index (Phi) is 13.5. The summed E-state index contributed by atoms with van der Waals surface area (Å²) in [6.07, 6.45) is 1.95. The third kappa shape index (κ3) is 9.24. The summed E-state index contributed by atoms with van der Waals surface area (Å²) < 4.78 is 23.4. The minimum absolute atomic E-state index is 0. The second-order valence-corrected chi connectivity index (χ2v) is 30.8. The molecule has 3 aromatic heterocycles. The molecule has 0 unspecified atom stereocenters. The van der Waals surface area contributed by atoms with Gasteiger partial charge in [-0.15, -0.1) is 18.2 Å². The van der Waals surface area contributed by atoms with Gasteiger partial charge in [0.1, 0.15) is 5.58 Å². The first-order chi connectivity index (χ1) is 34.4. The number of para-hydroxylation sites is 2. The molecule has 0 atom stereocenters. The average Bonchev–Trinajstić information content (AvgIpc) is 3.96. The normalized spacial score (nSPS) is 11.8. The van der Waals surface area contributed by atoms with E-state index in [9.17, 15) is 4.39 Å². The van der Waals surface area contributed by atoms with Crippen molar-refractivity contribution in [1.82, 2.24) is 14.5 Å². The molecule has 0 saturated carbocycles. The summed E-state index contributed by atoms with van der Waals surface area (Å²) in [7, 11) is 0. The number of imidazole rings is 1. The molecule has 12 aromatic rings. The largest absolute Gasteiger partial charge is 0 e. The first kappa shape index (κ1) is 48.7. The first-order valence-corrected chi connectivity index (χ1v) is 31.9. The number of rotatable bonds is 8. The SMILES string of the molecule is CC(C)c1cc(-c2ccc(-c3ccccc3)cc2)cc(C(C)C)c1-n1c(-c2[c-]ccc3c2oc2cc4c(ccc5ccccc54)cc23)nc2ccccc21.[CH3][Ge]([CH3])([CH3])[c]1ccc(-c2[c-]cc(F)cc2)nc1.[Ir]. The fourth-order valence-electron chi connectivity index (χ4n) is 9.86. The standard InChI is InChI=1S/C51H39N2O.C14H15FGeN.Ir/c1-31(2)42-28-38(35-23-21-34(22-24-35)33-13-6-5-7-14-33)29-43(32(3)4)49(42)53-47-20-11-10-19-46(47)52-51(53)41-18-12-17-40-45-27-37-26-25-36-15-8-9-16-39(36)44(37)30-48(45)54-50(40)41;1-16(2,3)13-8-9-14(17-10-13)11-4-6-12(15)7-5-11;/h5-17,19-32H,1-4H3;4,6-10H,1-3H3;/q2*-1;. The molecule has 0 aliphatic rings. The molecule has 9 aromatic carbocycles. The number of furan rings is 1. The van der Waals surface area contributed by atoms with E-state index < -0.39 is 13.3 Å². The fraction of sp³-hybridized carbons (Fsp3) is 0.138. The number of benzene rings is 9. The molecule has 1 radical (unpaired) electrons. The van der Waals surface area contributed by atoms with Gasteiger partial charge in [0, 0.05) is 31.2 Å². The monoisotopic (exact) mass is 1180 g/mol. The fourth-order valence-corrected chi connectivity index (χ4v) is 12.0. The summed E-state index contributed by atoms with van der Waals surface area (Å²) in [5.74, 6) is 8.07. The molecule has 12 rings (SSSR count). The summed E-state index contributed by atoms with van der Waals surface area (Å²) in [5, 5.41) is 7.00. The Bertz CT molecular complexity index is 3880. The van der Waals surface area contributed by atoms with Gasteiger partial charge < -0.3 is 8.98 Å². The van der Waals surface area contributed by atoms with E-state index in [2.05, 4.69) is 218 Å². The summed E-state index contributed by atoms with van der Waals surface area (Å²) in [6.45, 7) is 9.18. The number of halogens is 1. The minimum atomic E-state index is -1.79. The number of nitrogens with zero attached hydrogens (tertiary/aromatic N) is 3. The second-order valence-electron chi connectivity index (χ2n) is 20.2. The van der Waals surface area contributed by atoms with Crippen molar-refractivity contribution < 1.29 is 28.9 Å². The van der Waals surface area contributed by atoms with Crippen molar-refractivity contribution in [3.05, 3.63) is 217 Å². The molecular weight excluding hydrogens is 1120 g/mol. The van der Waals surface area contributed by atoms with Gasteiger partial charge in [0.2, 0.25) is 0 Å². The number of aromatic nitrogens is 3. The van der Waals surface area contributed by atoms with E-state index in [1.807, 2.05) is 18.3 Å². The van der Waals surface area contributed by atoms with Crippen LogP contribution in [0.1, 0.15) is 50.7 Å². The smallest absolute Gasteiger partial charge is 0 e. The molecule has 0 saturated heterocycles. The van der Waals surface area contributed by atoms with Crippen LogP contribution in [0.2, 0.25) is 17.3 Å². The van der Waals surface area contributed by atoms with Gasteiger partial charge >= 0.3 is 104 Å². The van der Waals surface area contributed by atoms with E-state index in [1.54, 1.807) is 6.07 Å².